The maximum Gasteiger partial charge on any atom is 0.250 e. The number of Topliss-reactive ketones (excluding diaryl/α,β-unsaturated/α-hetero) is 1. The van der Waals surface area contributed by atoms with Gasteiger partial charge in [0.1, 0.15) is 0 Å². The Hall–Kier alpha value is -1.54. The van der Waals surface area contributed by atoms with E-state index in [1.165, 1.54) is 20.9 Å². The predicted octanol–water partition coefficient (Wildman–Crippen LogP) is -0.944. The zero-order valence-electron chi connectivity index (χ0n) is 12.1. The average Bonchev–Trinajstić information content (AvgIpc) is 2.42. The monoisotopic (exact) mass is 286 g/mol. The van der Waals surface area contributed by atoms with E-state index >= 15 is 0 Å². The van der Waals surface area contributed by atoms with Gasteiger partial charge in [0.25, 0.3) is 5.91 Å². The second kappa shape index (κ2) is 7.30. The van der Waals surface area contributed by atoms with Crippen LogP contribution in [0.4, 0.5) is 0 Å². The van der Waals surface area contributed by atoms with E-state index in [9.17, 15) is 24.9 Å². The first-order chi connectivity index (χ1) is 9.20. The van der Waals surface area contributed by atoms with E-state index in [2.05, 4.69) is 13.2 Å². The first-order valence-corrected chi connectivity index (χ1v) is 5.92. The maximum absolute atomic E-state index is 12.4. The van der Waals surface area contributed by atoms with Crippen LogP contribution in [0, 0.1) is 0 Å². The lowest BCUT2D eigenvalue weighted by Crippen LogP contribution is -2.68. The molecule has 0 aromatic heterocycles. The van der Waals surface area contributed by atoms with Crippen LogP contribution in [0.3, 0.4) is 0 Å². The molecule has 1 amide bonds. The van der Waals surface area contributed by atoms with Crippen LogP contribution < -0.4 is 0 Å². The molecule has 0 aromatic carbocycles. The Kier molecular flexibility index (Phi) is 6.74. The Morgan fingerprint density at radius 1 is 1.05 bits per heavy atom. The van der Waals surface area contributed by atoms with Crippen LogP contribution in [0.5, 0.6) is 0 Å². The van der Waals surface area contributed by atoms with E-state index in [0.717, 1.165) is 9.80 Å². The van der Waals surface area contributed by atoms with E-state index in [0.29, 0.717) is 0 Å². The summed E-state index contributed by atoms with van der Waals surface area (Å²) in [6.45, 7) is 7.58. The highest BCUT2D eigenvalue weighted by atomic mass is 16.3. The molecule has 114 valence electrons. The van der Waals surface area contributed by atoms with Crippen LogP contribution in [0.15, 0.2) is 24.3 Å². The highest BCUT2D eigenvalue weighted by Gasteiger charge is 2.49. The lowest BCUT2D eigenvalue weighted by atomic mass is 9.96. The van der Waals surface area contributed by atoms with Gasteiger partial charge >= 0.3 is 0 Å². The quantitative estimate of drug-likeness (QED) is 0.393. The van der Waals surface area contributed by atoms with Crippen molar-refractivity contribution in [3.63, 3.8) is 0 Å². The predicted molar refractivity (Wildman–Crippen MR) is 73.2 cm³/mol. The van der Waals surface area contributed by atoms with Crippen LogP contribution in [0.2, 0.25) is 0 Å². The van der Waals surface area contributed by atoms with Gasteiger partial charge in [0, 0.05) is 12.6 Å². The van der Waals surface area contributed by atoms with Crippen LogP contribution in [0.1, 0.15) is 13.8 Å². The fourth-order valence-corrected chi connectivity index (χ4v) is 1.86. The molecule has 0 radical (unpaired) electrons. The number of hydrogen-bond donors (Lipinski definition) is 3. The zero-order chi connectivity index (χ0) is 16.1. The van der Waals surface area contributed by atoms with Gasteiger partial charge in [-0.1, -0.05) is 13.2 Å². The van der Waals surface area contributed by atoms with Crippen LogP contribution in [-0.2, 0) is 9.59 Å². The fraction of sp³-hybridized carbons (Fsp3) is 0.538. The van der Waals surface area contributed by atoms with Gasteiger partial charge in [-0.25, -0.2) is 4.90 Å². The van der Waals surface area contributed by atoms with E-state index < -0.39 is 37.4 Å². The van der Waals surface area contributed by atoms with Gasteiger partial charge in [0.15, 0.2) is 5.66 Å². The van der Waals surface area contributed by atoms with E-state index in [4.69, 9.17) is 0 Å². The molecule has 7 heteroatoms. The number of likely N-dealkylation sites (N-methyl/N-ethyl adjacent to an activating group) is 1. The Labute approximate surface area is 118 Å². The SMILES string of the molecule is C=C(C)C(=O)N(C)C(CO)(C(=O)C(=C)C)N(CO)CO. The smallest absolute Gasteiger partial charge is 0.250 e. The number of nitrogens with zero attached hydrogens (tertiary/aromatic N) is 2. The number of hydrogen-bond acceptors (Lipinski definition) is 6. The van der Waals surface area contributed by atoms with Crippen molar-refractivity contribution in [3.8, 4) is 0 Å². The molecule has 1 unspecified atom stereocenters. The van der Waals surface area contributed by atoms with Gasteiger partial charge in [-0.15, -0.1) is 0 Å². The van der Waals surface area contributed by atoms with E-state index in [-0.39, 0.29) is 11.1 Å². The maximum atomic E-state index is 12.4. The lowest BCUT2D eigenvalue weighted by molar-refractivity contribution is -0.174. The van der Waals surface area contributed by atoms with Crippen molar-refractivity contribution in [3.05, 3.63) is 24.3 Å². The van der Waals surface area contributed by atoms with Crippen molar-refractivity contribution < 1.29 is 24.9 Å². The number of aliphatic hydroxyl groups excluding tert-OH is 3. The standard InChI is InChI=1S/C13H22N2O5/c1-9(2)11(19)13(6-16,15(7-17)8-18)14(5)12(20)10(3)4/h16-18H,1,3,6-8H2,2,4-5H3. The number of aliphatic hydroxyl groups is 3. The Bertz CT molecular complexity index is 417. The van der Waals surface area contributed by atoms with Gasteiger partial charge in [0.05, 0.1) is 20.1 Å². The fourth-order valence-electron chi connectivity index (χ4n) is 1.86. The third-order valence-electron chi connectivity index (χ3n) is 3.06. The van der Waals surface area contributed by atoms with Crippen molar-refractivity contribution in [2.75, 3.05) is 27.1 Å². The molecule has 1 atom stereocenters. The minimum Gasteiger partial charge on any atom is -0.392 e. The van der Waals surface area contributed by atoms with Crippen molar-refractivity contribution in [2.45, 2.75) is 19.5 Å². The van der Waals surface area contributed by atoms with Crippen molar-refractivity contribution in [1.29, 1.82) is 0 Å². The summed E-state index contributed by atoms with van der Waals surface area (Å²) in [7, 11) is 1.28. The molecule has 0 rings (SSSR count). The molecular formula is C13H22N2O5. The molecule has 0 aliphatic rings. The van der Waals surface area contributed by atoms with E-state index in [1.807, 2.05) is 0 Å². The summed E-state index contributed by atoms with van der Waals surface area (Å²) in [5.41, 5.74) is -1.70. The number of carbonyl (C=O) groups is 2. The van der Waals surface area contributed by atoms with Crippen LogP contribution >= 0.6 is 0 Å². The minimum atomic E-state index is -1.93. The second-order valence-corrected chi connectivity index (χ2v) is 4.55. The van der Waals surface area contributed by atoms with Gasteiger partial charge in [-0.2, -0.15) is 0 Å². The summed E-state index contributed by atoms with van der Waals surface area (Å²) in [5.74, 6) is -1.28. The number of ketones is 1. The minimum absolute atomic E-state index is 0.0762. The summed E-state index contributed by atoms with van der Waals surface area (Å²) in [6.07, 6.45) is 0. The molecule has 7 nitrogen and oxygen atoms in total. The highest BCUT2D eigenvalue weighted by molar-refractivity contribution is 6.05. The molecule has 0 aliphatic carbocycles. The molecule has 0 aliphatic heterocycles. The van der Waals surface area contributed by atoms with Gasteiger partial charge < -0.3 is 20.2 Å². The zero-order valence-corrected chi connectivity index (χ0v) is 12.1. The lowest BCUT2D eigenvalue weighted by Gasteiger charge is -2.45. The van der Waals surface area contributed by atoms with Gasteiger partial charge in [0.2, 0.25) is 5.78 Å². The first kappa shape index (κ1) is 18.5. The second-order valence-electron chi connectivity index (χ2n) is 4.55. The molecule has 0 bridgehead atoms. The summed E-state index contributed by atoms with van der Waals surface area (Å²) < 4.78 is 0. The summed E-state index contributed by atoms with van der Waals surface area (Å²) in [4.78, 5) is 26.2. The van der Waals surface area contributed by atoms with Gasteiger partial charge in [-0.3, -0.25) is 9.59 Å². The summed E-state index contributed by atoms with van der Waals surface area (Å²) in [5, 5.41) is 28.3. The third kappa shape index (κ3) is 3.13. The molecule has 3 N–H and O–H groups in total. The number of rotatable bonds is 8. The molecule has 0 heterocycles. The van der Waals surface area contributed by atoms with Gasteiger partial charge in [-0.05, 0) is 19.4 Å². The topological polar surface area (TPSA) is 101 Å². The number of amides is 1. The third-order valence-corrected chi connectivity index (χ3v) is 3.06. The normalized spacial score (nSPS) is 13.8. The largest absolute Gasteiger partial charge is 0.392 e. The molecule has 0 fully saturated rings. The van der Waals surface area contributed by atoms with Crippen molar-refractivity contribution in [2.24, 2.45) is 0 Å². The molecule has 0 saturated heterocycles. The summed E-state index contributed by atoms with van der Waals surface area (Å²) >= 11 is 0. The van der Waals surface area contributed by atoms with E-state index in [1.54, 1.807) is 0 Å². The molecule has 20 heavy (non-hydrogen) atoms. The molecule has 0 saturated carbocycles. The molecular weight excluding hydrogens is 264 g/mol. The average molecular weight is 286 g/mol. The number of carbonyl (C=O) groups excluding carboxylic acids is 2. The molecule has 0 aromatic rings. The van der Waals surface area contributed by atoms with Crippen molar-refractivity contribution in [1.82, 2.24) is 9.80 Å². The highest BCUT2D eigenvalue weighted by Crippen LogP contribution is 2.24. The van der Waals surface area contributed by atoms with Crippen molar-refractivity contribution >= 4 is 11.7 Å². The Morgan fingerprint density at radius 3 is 1.75 bits per heavy atom. The molecule has 0 spiro atoms. The van der Waals surface area contributed by atoms with Crippen LogP contribution in [0.25, 0.3) is 0 Å². The summed E-state index contributed by atoms with van der Waals surface area (Å²) in [6, 6.07) is 0. The Balaban J connectivity index is 6.01. The van der Waals surface area contributed by atoms with Crippen LogP contribution in [-0.4, -0.2) is 69.6 Å². The first-order valence-electron chi connectivity index (χ1n) is 5.92. The Morgan fingerprint density at radius 2 is 1.50 bits per heavy atom.